The molecule has 3 aromatic carbocycles. The lowest BCUT2D eigenvalue weighted by Gasteiger charge is -2.17. The van der Waals surface area contributed by atoms with Crippen LogP contribution in [0, 0.1) is 0 Å². The van der Waals surface area contributed by atoms with Crippen LogP contribution in [0.5, 0.6) is 5.75 Å². The summed E-state index contributed by atoms with van der Waals surface area (Å²) in [6.45, 7) is 2.17. The van der Waals surface area contributed by atoms with Crippen molar-refractivity contribution in [2.45, 2.75) is 19.5 Å². The third kappa shape index (κ3) is 3.71. The molecule has 0 spiro atoms. The highest BCUT2D eigenvalue weighted by Crippen LogP contribution is 2.23. The number of rotatable bonds is 6. The Bertz CT molecular complexity index is 1570. The van der Waals surface area contributed by atoms with Crippen LogP contribution in [0.1, 0.15) is 24.1 Å². The average Bonchev–Trinajstić information content (AvgIpc) is 3.32. The van der Waals surface area contributed by atoms with E-state index in [0.717, 1.165) is 11.1 Å². The summed E-state index contributed by atoms with van der Waals surface area (Å²) in [7, 11) is 1.57. The summed E-state index contributed by atoms with van der Waals surface area (Å²) in [6, 6.07) is 26.4. The number of ether oxygens (including phenoxy) is 1. The molecule has 7 heteroatoms. The summed E-state index contributed by atoms with van der Waals surface area (Å²) in [5.41, 5.74) is 2.34. The Morgan fingerprint density at radius 2 is 1.62 bits per heavy atom. The first-order valence-electron chi connectivity index (χ1n) is 11.0. The number of nitrogens with zero attached hydrogens (tertiary/aromatic N) is 4. The molecule has 0 bridgehead atoms. The van der Waals surface area contributed by atoms with Crippen LogP contribution >= 0.6 is 0 Å². The first-order chi connectivity index (χ1) is 16.6. The predicted molar refractivity (Wildman–Crippen MR) is 132 cm³/mol. The topological polar surface area (TPSA) is 71.1 Å². The number of fused-ring (bicyclic) bond motifs is 1. The fraction of sp³-hybridized carbons (Fsp3) is 0.148. The molecule has 5 rings (SSSR count). The van der Waals surface area contributed by atoms with Crippen LogP contribution in [-0.2, 0) is 6.54 Å². The standard InChI is InChI=1S/C27H24N4O3/c1-19(21-12-7-4-8-13-21)30-18-28-25-24(30)26(32)29(17-20-10-5-3-6-11-20)27(33)31(25)22-14-9-15-23(16-22)34-2/h3-16,18-19H,17H2,1-2H3/t19-/m0/s1. The van der Waals surface area contributed by atoms with Crippen LogP contribution in [0.3, 0.4) is 0 Å². The Labute approximate surface area is 196 Å². The summed E-state index contributed by atoms with van der Waals surface area (Å²) in [5, 5.41) is 0. The van der Waals surface area contributed by atoms with Crippen molar-refractivity contribution in [3.05, 3.63) is 123 Å². The zero-order valence-corrected chi connectivity index (χ0v) is 19.0. The number of hydrogen-bond donors (Lipinski definition) is 0. The quantitative estimate of drug-likeness (QED) is 0.390. The van der Waals surface area contributed by atoms with Gasteiger partial charge in [-0.05, 0) is 30.2 Å². The van der Waals surface area contributed by atoms with Gasteiger partial charge in [0.05, 0.1) is 31.7 Å². The SMILES string of the molecule is COc1cccc(-n2c(=O)n(Cc3ccccc3)c(=O)c3c2ncn3[C@@H](C)c2ccccc2)c1. The maximum absolute atomic E-state index is 13.7. The Balaban J connectivity index is 1.80. The largest absolute Gasteiger partial charge is 0.497 e. The second-order valence-corrected chi connectivity index (χ2v) is 8.11. The van der Waals surface area contributed by atoms with E-state index in [0.29, 0.717) is 22.6 Å². The molecule has 0 saturated carbocycles. The molecule has 0 fully saturated rings. The molecule has 34 heavy (non-hydrogen) atoms. The molecule has 170 valence electrons. The van der Waals surface area contributed by atoms with Crippen molar-refractivity contribution in [2.24, 2.45) is 0 Å². The van der Waals surface area contributed by atoms with E-state index in [1.807, 2.05) is 84.3 Å². The first-order valence-corrected chi connectivity index (χ1v) is 11.0. The lowest BCUT2D eigenvalue weighted by atomic mass is 10.1. The van der Waals surface area contributed by atoms with Crippen molar-refractivity contribution < 1.29 is 4.74 Å². The maximum Gasteiger partial charge on any atom is 0.337 e. The van der Waals surface area contributed by atoms with Gasteiger partial charge in [0, 0.05) is 6.07 Å². The number of imidazole rings is 1. The van der Waals surface area contributed by atoms with Gasteiger partial charge in [-0.3, -0.25) is 9.36 Å². The van der Waals surface area contributed by atoms with Gasteiger partial charge in [0.15, 0.2) is 11.2 Å². The van der Waals surface area contributed by atoms with E-state index in [1.165, 1.54) is 9.13 Å². The van der Waals surface area contributed by atoms with Crippen molar-refractivity contribution in [3.8, 4) is 11.4 Å². The molecule has 0 radical (unpaired) electrons. The molecule has 2 aromatic heterocycles. The molecule has 0 unspecified atom stereocenters. The van der Waals surface area contributed by atoms with Gasteiger partial charge in [0.25, 0.3) is 5.56 Å². The van der Waals surface area contributed by atoms with Crippen molar-refractivity contribution in [1.29, 1.82) is 0 Å². The Hall–Kier alpha value is -4.39. The van der Waals surface area contributed by atoms with Crippen LogP contribution in [0.4, 0.5) is 0 Å². The monoisotopic (exact) mass is 452 g/mol. The van der Waals surface area contributed by atoms with Gasteiger partial charge in [-0.25, -0.2) is 14.3 Å². The Morgan fingerprint density at radius 1 is 0.912 bits per heavy atom. The number of hydrogen-bond acceptors (Lipinski definition) is 4. The minimum Gasteiger partial charge on any atom is -0.497 e. The minimum atomic E-state index is -0.452. The molecule has 0 N–H and O–H groups in total. The third-order valence-corrected chi connectivity index (χ3v) is 6.05. The normalized spacial score (nSPS) is 12.1. The van der Waals surface area contributed by atoms with Crippen molar-refractivity contribution in [3.63, 3.8) is 0 Å². The molecule has 2 heterocycles. The van der Waals surface area contributed by atoms with Gasteiger partial charge in [0.2, 0.25) is 0 Å². The lowest BCUT2D eigenvalue weighted by molar-refractivity contribution is 0.414. The number of aromatic nitrogens is 4. The first kappa shape index (κ1) is 21.5. The number of methoxy groups -OCH3 is 1. The average molecular weight is 453 g/mol. The molecule has 0 aliphatic rings. The predicted octanol–water partition coefficient (Wildman–Crippen LogP) is 4.02. The second-order valence-electron chi connectivity index (χ2n) is 8.11. The van der Waals surface area contributed by atoms with E-state index in [1.54, 1.807) is 25.6 Å². The lowest BCUT2D eigenvalue weighted by Crippen LogP contribution is -2.40. The highest BCUT2D eigenvalue weighted by molar-refractivity contribution is 5.73. The zero-order valence-electron chi connectivity index (χ0n) is 19.0. The molecule has 1 atom stereocenters. The van der Waals surface area contributed by atoms with E-state index < -0.39 is 5.69 Å². The molecular formula is C27H24N4O3. The number of benzene rings is 3. The van der Waals surface area contributed by atoms with Crippen LogP contribution in [0.25, 0.3) is 16.9 Å². The minimum absolute atomic E-state index is 0.152. The third-order valence-electron chi connectivity index (χ3n) is 6.05. The van der Waals surface area contributed by atoms with E-state index in [9.17, 15) is 9.59 Å². The van der Waals surface area contributed by atoms with Gasteiger partial charge in [-0.1, -0.05) is 66.7 Å². The van der Waals surface area contributed by atoms with Gasteiger partial charge in [-0.15, -0.1) is 0 Å². The highest BCUT2D eigenvalue weighted by atomic mass is 16.5. The van der Waals surface area contributed by atoms with Gasteiger partial charge in [0.1, 0.15) is 5.75 Å². The fourth-order valence-corrected chi connectivity index (χ4v) is 4.22. The Kier molecular flexibility index (Phi) is 5.59. The second kappa shape index (κ2) is 8.86. The molecule has 7 nitrogen and oxygen atoms in total. The molecule has 0 saturated heterocycles. The molecule has 0 aliphatic heterocycles. The van der Waals surface area contributed by atoms with E-state index in [-0.39, 0.29) is 18.1 Å². The van der Waals surface area contributed by atoms with Gasteiger partial charge < -0.3 is 9.30 Å². The zero-order chi connectivity index (χ0) is 23.7. The summed E-state index contributed by atoms with van der Waals surface area (Å²) < 4.78 is 9.96. The van der Waals surface area contributed by atoms with E-state index >= 15 is 0 Å². The summed E-state index contributed by atoms with van der Waals surface area (Å²) in [4.78, 5) is 32.0. The highest BCUT2D eigenvalue weighted by Gasteiger charge is 2.22. The van der Waals surface area contributed by atoms with Crippen LogP contribution in [0.2, 0.25) is 0 Å². The Morgan fingerprint density at radius 3 is 2.32 bits per heavy atom. The summed E-state index contributed by atoms with van der Waals surface area (Å²) >= 11 is 0. The van der Waals surface area contributed by atoms with Gasteiger partial charge in [-0.2, -0.15) is 0 Å². The maximum atomic E-state index is 13.7. The van der Waals surface area contributed by atoms with Crippen LogP contribution in [0.15, 0.2) is 101 Å². The van der Waals surface area contributed by atoms with Crippen molar-refractivity contribution >= 4 is 11.2 Å². The van der Waals surface area contributed by atoms with Gasteiger partial charge >= 0.3 is 5.69 Å². The van der Waals surface area contributed by atoms with Crippen molar-refractivity contribution in [1.82, 2.24) is 18.7 Å². The van der Waals surface area contributed by atoms with E-state index in [2.05, 4.69) is 4.98 Å². The molecule has 0 amide bonds. The molecular weight excluding hydrogens is 428 g/mol. The van der Waals surface area contributed by atoms with E-state index in [4.69, 9.17) is 4.74 Å². The van der Waals surface area contributed by atoms with Crippen molar-refractivity contribution in [2.75, 3.05) is 7.11 Å². The fourth-order valence-electron chi connectivity index (χ4n) is 4.22. The molecule has 0 aliphatic carbocycles. The summed E-state index contributed by atoms with van der Waals surface area (Å²) in [5.74, 6) is 0.607. The molecule has 5 aromatic rings. The smallest absolute Gasteiger partial charge is 0.337 e. The van der Waals surface area contributed by atoms with Crippen LogP contribution in [-0.4, -0.2) is 25.8 Å². The summed E-state index contributed by atoms with van der Waals surface area (Å²) in [6.07, 6.45) is 1.63. The van der Waals surface area contributed by atoms with Crippen LogP contribution < -0.4 is 16.0 Å².